The van der Waals surface area contributed by atoms with E-state index in [1.165, 1.54) is 6.07 Å². The van der Waals surface area contributed by atoms with E-state index >= 15 is 0 Å². The molecule has 2 rings (SSSR count). The average Bonchev–Trinajstić information content (AvgIpc) is 2.43. The lowest BCUT2D eigenvalue weighted by Crippen LogP contribution is -2.24. The standard InChI is InChI=1S/C15H16ClFN2/c16-15-11(4-3-6-14(15)17)10-12(18)7-8-13-5-1-2-9-19-13/h1-6,9,12H,7-8,10,18H2. The molecule has 4 heteroatoms. The summed E-state index contributed by atoms with van der Waals surface area (Å²) < 4.78 is 13.3. The SMILES string of the molecule is NC(CCc1ccccn1)Cc1cccc(F)c1Cl. The van der Waals surface area contributed by atoms with Gasteiger partial charge in [-0.25, -0.2) is 4.39 Å². The first kappa shape index (κ1) is 14.0. The zero-order chi connectivity index (χ0) is 13.7. The number of halogens is 2. The number of hydrogen-bond acceptors (Lipinski definition) is 2. The van der Waals surface area contributed by atoms with Crippen LogP contribution in [-0.4, -0.2) is 11.0 Å². The van der Waals surface area contributed by atoms with Crippen molar-refractivity contribution in [1.29, 1.82) is 0 Å². The van der Waals surface area contributed by atoms with Gasteiger partial charge in [0.15, 0.2) is 0 Å². The van der Waals surface area contributed by atoms with Crippen molar-refractivity contribution in [3.63, 3.8) is 0 Å². The molecule has 2 aromatic rings. The molecule has 0 spiro atoms. The maximum atomic E-state index is 13.3. The van der Waals surface area contributed by atoms with Crippen molar-refractivity contribution in [3.05, 3.63) is 64.7 Å². The molecular weight excluding hydrogens is 263 g/mol. The molecule has 0 saturated carbocycles. The summed E-state index contributed by atoms with van der Waals surface area (Å²) in [6.07, 6.45) is 3.95. The molecule has 100 valence electrons. The third kappa shape index (κ3) is 4.01. The van der Waals surface area contributed by atoms with Gasteiger partial charge in [0.25, 0.3) is 0 Å². The van der Waals surface area contributed by atoms with Crippen LogP contribution in [0.25, 0.3) is 0 Å². The second-order valence-electron chi connectivity index (χ2n) is 4.54. The van der Waals surface area contributed by atoms with Crippen molar-refractivity contribution in [2.24, 2.45) is 5.73 Å². The van der Waals surface area contributed by atoms with Gasteiger partial charge in [0.05, 0.1) is 5.02 Å². The number of pyridine rings is 1. The molecule has 0 aliphatic carbocycles. The van der Waals surface area contributed by atoms with E-state index in [1.54, 1.807) is 12.3 Å². The van der Waals surface area contributed by atoms with E-state index in [2.05, 4.69) is 4.98 Å². The van der Waals surface area contributed by atoms with Crippen LogP contribution in [-0.2, 0) is 12.8 Å². The Balaban J connectivity index is 1.91. The van der Waals surface area contributed by atoms with Gasteiger partial charge in [-0.15, -0.1) is 0 Å². The van der Waals surface area contributed by atoms with Crippen LogP contribution in [0.5, 0.6) is 0 Å². The van der Waals surface area contributed by atoms with E-state index < -0.39 is 5.82 Å². The Kier molecular flexibility index (Phi) is 4.88. The van der Waals surface area contributed by atoms with Crippen LogP contribution in [0.1, 0.15) is 17.7 Å². The van der Waals surface area contributed by atoms with Gasteiger partial charge in [-0.2, -0.15) is 0 Å². The van der Waals surface area contributed by atoms with Crippen molar-refractivity contribution in [2.75, 3.05) is 0 Å². The van der Waals surface area contributed by atoms with Gasteiger partial charge in [0.2, 0.25) is 0 Å². The maximum absolute atomic E-state index is 13.3. The molecule has 1 unspecified atom stereocenters. The Morgan fingerprint density at radius 1 is 1.21 bits per heavy atom. The summed E-state index contributed by atoms with van der Waals surface area (Å²) in [5, 5.41) is 0.177. The van der Waals surface area contributed by atoms with Gasteiger partial charge in [-0.1, -0.05) is 29.8 Å². The molecule has 2 N–H and O–H groups in total. The smallest absolute Gasteiger partial charge is 0.142 e. The number of hydrogen-bond donors (Lipinski definition) is 1. The normalized spacial score (nSPS) is 12.4. The predicted octanol–water partition coefficient (Wildman–Crippen LogP) is 3.38. The first-order valence-electron chi connectivity index (χ1n) is 6.25. The average molecular weight is 279 g/mol. The van der Waals surface area contributed by atoms with Crippen LogP contribution in [0.2, 0.25) is 5.02 Å². The van der Waals surface area contributed by atoms with E-state index in [4.69, 9.17) is 17.3 Å². The Bertz CT molecular complexity index is 531. The Morgan fingerprint density at radius 2 is 2.05 bits per heavy atom. The van der Waals surface area contributed by atoms with Crippen LogP contribution in [0, 0.1) is 5.82 Å². The molecule has 1 aromatic heterocycles. The first-order chi connectivity index (χ1) is 9.16. The van der Waals surface area contributed by atoms with E-state index in [-0.39, 0.29) is 11.1 Å². The maximum Gasteiger partial charge on any atom is 0.142 e. The van der Waals surface area contributed by atoms with E-state index in [1.807, 2.05) is 24.3 Å². The summed E-state index contributed by atoms with van der Waals surface area (Å²) in [7, 11) is 0. The monoisotopic (exact) mass is 278 g/mol. The fourth-order valence-electron chi connectivity index (χ4n) is 1.97. The molecule has 0 aliphatic rings. The van der Waals surface area contributed by atoms with Gasteiger partial charge in [-0.05, 0) is 43.0 Å². The van der Waals surface area contributed by atoms with E-state index in [0.717, 1.165) is 24.1 Å². The quantitative estimate of drug-likeness (QED) is 0.911. The zero-order valence-corrected chi connectivity index (χ0v) is 11.3. The van der Waals surface area contributed by atoms with Crippen molar-refractivity contribution in [1.82, 2.24) is 4.98 Å². The van der Waals surface area contributed by atoms with Crippen LogP contribution in [0.4, 0.5) is 4.39 Å². The summed E-state index contributed by atoms with van der Waals surface area (Å²) in [5.41, 5.74) is 7.84. The Hall–Kier alpha value is -1.45. The minimum Gasteiger partial charge on any atom is -0.327 e. The van der Waals surface area contributed by atoms with Crippen molar-refractivity contribution in [3.8, 4) is 0 Å². The molecule has 0 bridgehead atoms. The molecule has 0 radical (unpaired) electrons. The Labute approximate surface area is 117 Å². The molecule has 0 fully saturated rings. The first-order valence-corrected chi connectivity index (χ1v) is 6.63. The Morgan fingerprint density at radius 3 is 2.79 bits per heavy atom. The molecular formula is C15H16ClFN2. The van der Waals surface area contributed by atoms with Gasteiger partial charge >= 0.3 is 0 Å². The van der Waals surface area contributed by atoms with E-state index in [0.29, 0.717) is 6.42 Å². The largest absolute Gasteiger partial charge is 0.327 e. The lowest BCUT2D eigenvalue weighted by molar-refractivity contribution is 0.595. The van der Waals surface area contributed by atoms with Crippen LogP contribution in [0.3, 0.4) is 0 Å². The molecule has 0 amide bonds. The number of benzene rings is 1. The lowest BCUT2D eigenvalue weighted by atomic mass is 10.0. The predicted molar refractivity (Wildman–Crippen MR) is 75.6 cm³/mol. The minimum absolute atomic E-state index is 0.0543. The second kappa shape index (κ2) is 6.64. The summed E-state index contributed by atoms with van der Waals surface area (Å²) in [6.45, 7) is 0. The number of aryl methyl sites for hydroxylation is 1. The highest BCUT2D eigenvalue weighted by Gasteiger charge is 2.10. The second-order valence-corrected chi connectivity index (χ2v) is 4.91. The summed E-state index contributed by atoms with van der Waals surface area (Å²) in [6, 6.07) is 10.6. The number of aromatic nitrogens is 1. The molecule has 19 heavy (non-hydrogen) atoms. The zero-order valence-electron chi connectivity index (χ0n) is 10.5. The lowest BCUT2D eigenvalue weighted by Gasteiger charge is -2.12. The van der Waals surface area contributed by atoms with Crippen LogP contribution < -0.4 is 5.73 Å². The molecule has 1 atom stereocenters. The van der Waals surface area contributed by atoms with Crippen LogP contribution >= 0.6 is 11.6 Å². The van der Waals surface area contributed by atoms with Crippen molar-refractivity contribution in [2.45, 2.75) is 25.3 Å². The molecule has 0 saturated heterocycles. The highest BCUT2D eigenvalue weighted by atomic mass is 35.5. The highest BCUT2D eigenvalue weighted by Crippen LogP contribution is 2.21. The fraction of sp³-hybridized carbons (Fsp3) is 0.267. The van der Waals surface area contributed by atoms with Gasteiger partial charge in [-0.3, -0.25) is 4.98 Å². The molecule has 2 nitrogen and oxygen atoms in total. The summed E-state index contributed by atoms with van der Waals surface area (Å²) in [5.74, 6) is -0.393. The molecule has 0 aliphatic heterocycles. The van der Waals surface area contributed by atoms with Crippen molar-refractivity contribution >= 4 is 11.6 Å². The summed E-state index contributed by atoms with van der Waals surface area (Å²) >= 11 is 5.91. The summed E-state index contributed by atoms with van der Waals surface area (Å²) in [4.78, 5) is 4.25. The molecule has 1 aromatic carbocycles. The number of rotatable bonds is 5. The number of nitrogens with zero attached hydrogens (tertiary/aromatic N) is 1. The van der Waals surface area contributed by atoms with Gasteiger partial charge < -0.3 is 5.73 Å². The topological polar surface area (TPSA) is 38.9 Å². The fourth-order valence-corrected chi connectivity index (χ4v) is 2.17. The van der Waals surface area contributed by atoms with E-state index in [9.17, 15) is 4.39 Å². The third-order valence-corrected chi connectivity index (χ3v) is 3.43. The van der Waals surface area contributed by atoms with Gasteiger partial charge in [0, 0.05) is 17.9 Å². The minimum atomic E-state index is -0.393. The van der Waals surface area contributed by atoms with Crippen LogP contribution in [0.15, 0.2) is 42.6 Å². The highest BCUT2D eigenvalue weighted by molar-refractivity contribution is 6.31. The van der Waals surface area contributed by atoms with Gasteiger partial charge in [0.1, 0.15) is 5.82 Å². The molecule has 1 heterocycles. The number of nitrogens with two attached hydrogens (primary N) is 1. The van der Waals surface area contributed by atoms with Crippen molar-refractivity contribution < 1.29 is 4.39 Å². The third-order valence-electron chi connectivity index (χ3n) is 3.01.